The van der Waals surface area contributed by atoms with E-state index in [2.05, 4.69) is 23.6 Å². The highest BCUT2D eigenvalue weighted by atomic mass is 31.2. The van der Waals surface area contributed by atoms with Gasteiger partial charge in [0, 0.05) is 6.42 Å². The van der Waals surface area contributed by atoms with Crippen LogP contribution in [0.4, 0.5) is 0 Å². The summed E-state index contributed by atoms with van der Waals surface area (Å²) in [4.78, 5) is 23.6. The fraction of sp³-hybridized carbons (Fsp3) is 0.912. The zero-order chi connectivity index (χ0) is 32.1. The smallest absolute Gasteiger partial charge is 0.305 e. The lowest BCUT2D eigenvalue weighted by Crippen LogP contribution is -2.37. The second-order valence-electron chi connectivity index (χ2n) is 13.1. The van der Waals surface area contributed by atoms with Crippen LogP contribution in [-0.4, -0.2) is 69.2 Å². The highest BCUT2D eigenvalue weighted by Gasteiger charge is 2.16. The summed E-state index contributed by atoms with van der Waals surface area (Å²) in [5.74, 6) is -0.387. The predicted molar refractivity (Wildman–Crippen MR) is 176 cm³/mol. The molecular formula is C34H68NO7P. The van der Waals surface area contributed by atoms with Gasteiger partial charge in [0.1, 0.15) is 25.9 Å². The van der Waals surface area contributed by atoms with Crippen molar-refractivity contribution >= 4 is 13.8 Å². The standard InChI is InChI=1S/C34H68NO7P/c1-5-6-7-8-9-10-11-12-13-14-15-16-17-18-19-20-21-22-23-24-25-26-27-28-34(37)40-31-33(36)32-42-43(38,39)41-30-29-35(2,3)4/h14-15,33,36H,5-13,16-32H2,1-4H3/b15-14-. The lowest BCUT2D eigenvalue weighted by molar-refractivity contribution is -0.870. The fourth-order valence-corrected chi connectivity index (χ4v) is 5.44. The Morgan fingerprint density at radius 3 is 1.63 bits per heavy atom. The quantitative estimate of drug-likeness (QED) is 0.0261. The van der Waals surface area contributed by atoms with E-state index in [4.69, 9.17) is 9.26 Å². The van der Waals surface area contributed by atoms with Crippen LogP contribution in [0.25, 0.3) is 0 Å². The number of carbonyl (C=O) groups excluding carboxylic acids is 1. The monoisotopic (exact) mass is 633 g/mol. The number of nitrogens with zero attached hydrogens (tertiary/aromatic N) is 1. The van der Waals surface area contributed by atoms with Gasteiger partial charge in [-0.2, -0.15) is 0 Å². The number of likely N-dealkylation sites (N-methyl/N-ethyl adjacent to an activating group) is 1. The molecule has 0 saturated heterocycles. The molecule has 256 valence electrons. The Kier molecular flexibility index (Phi) is 28.2. The number of aliphatic hydroxyl groups excluding tert-OH is 1. The second kappa shape index (κ2) is 28.7. The number of hydrogen-bond donors (Lipinski definition) is 1. The number of hydrogen-bond acceptors (Lipinski definition) is 7. The van der Waals surface area contributed by atoms with Gasteiger partial charge in [-0.05, 0) is 32.1 Å². The molecule has 0 aliphatic rings. The number of aliphatic hydroxyl groups is 1. The lowest BCUT2D eigenvalue weighted by atomic mass is 10.0. The zero-order valence-electron chi connectivity index (χ0n) is 28.4. The van der Waals surface area contributed by atoms with Crippen molar-refractivity contribution in [2.75, 3.05) is 47.5 Å². The third-order valence-corrected chi connectivity index (χ3v) is 8.48. The molecule has 43 heavy (non-hydrogen) atoms. The van der Waals surface area contributed by atoms with Gasteiger partial charge in [-0.25, -0.2) is 0 Å². The van der Waals surface area contributed by atoms with E-state index in [0.29, 0.717) is 17.4 Å². The highest BCUT2D eigenvalue weighted by molar-refractivity contribution is 7.45. The van der Waals surface area contributed by atoms with Gasteiger partial charge in [-0.3, -0.25) is 9.36 Å². The number of allylic oxidation sites excluding steroid dienone is 2. The number of unbranched alkanes of at least 4 members (excludes halogenated alkanes) is 19. The van der Waals surface area contributed by atoms with Gasteiger partial charge in [0.25, 0.3) is 7.82 Å². The van der Waals surface area contributed by atoms with E-state index in [0.717, 1.165) is 19.3 Å². The molecule has 2 unspecified atom stereocenters. The molecule has 0 aliphatic heterocycles. The molecule has 0 saturated carbocycles. The van der Waals surface area contributed by atoms with Crippen molar-refractivity contribution in [1.29, 1.82) is 0 Å². The predicted octanol–water partition coefficient (Wildman–Crippen LogP) is 8.26. The van der Waals surface area contributed by atoms with E-state index in [1.54, 1.807) is 0 Å². The maximum atomic E-state index is 11.9. The van der Waals surface area contributed by atoms with Gasteiger partial charge in [-0.15, -0.1) is 0 Å². The fourth-order valence-electron chi connectivity index (χ4n) is 4.70. The molecule has 0 radical (unpaired) electrons. The third kappa shape index (κ3) is 34.0. The average molecular weight is 634 g/mol. The molecule has 0 heterocycles. The molecule has 1 N–H and O–H groups in total. The topological polar surface area (TPSA) is 105 Å². The summed E-state index contributed by atoms with van der Waals surface area (Å²) >= 11 is 0. The van der Waals surface area contributed by atoms with E-state index >= 15 is 0 Å². The second-order valence-corrected chi connectivity index (χ2v) is 14.5. The molecule has 0 fully saturated rings. The summed E-state index contributed by atoms with van der Waals surface area (Å²) in [6, 6.07) is 0. The highest BCUT2D eigenvalue weighted by Crippen LogP contribution is 2.38. The molecular weight excluding hydrogens is 565 g/mol. The summed E-state index contributed by atoms with van der Waals surface area (Å²) in [7, 11) is 1.25. The molecule has 0 spiro atoms. The molecule has 9 heteroatoms. The molecule has 0 aromatic carbocycles. The summed E-state index contributed by atoms with van der Waals surface area (Å²) < 4.78 is 26.8. The van der Waals surface area contributed by atoms with Crippen LogP contribution in [0.5, 0.6) is 0 Å². The number of ether oxygens (including phenoxy) is 1. The third-order valence-electron chi connectivity index (χ3n) is 7.52. The number of quaternary nitrogens is 1. The Balaban J connectivity index is 3.43. The van der Waals surface area contributed by atoms with Gasteiger partial charge >= 0.3 is 5.97 Å². The van der Waals surface area contributed by atoms with Crippen LogP contribution in [0.15, 0.2) is 12.2 Å². The summed E-state index contributed by atoms with van der Waals surface area (Å²) in [6.07, 6.45) is 30.7. The lowest BCUT2D eigenvalue weighted by Gasteiger charge is -2.27. The Bertz CT molecular complexity index is 711. The van der Waals surface area contributed by atoms with Gasteiger partial charge < -0.3 is 28.3 Å². The van der Waals surface area contributed by atoms with Gasteiger partial charge in [0.2, 0.25) is 0 Å². The number of esters is 1. The molecule has 2 atom stereocenters. The summed E-state index contributed by atoms with van der Waals surface area (Å²) in [5.41, 5.74) is 0. The van der Waals surface area contributed by atoms with Crippen LogP contribution in [0, 0.1) is 0 Å². The Hall–Kier alpha value is -0.760. The molecule has 0 bridgehead atoms. The van der Waals surface area contributed by atoms with Crippen LogP contribution in [0.3, 0.4) is 0 Å². The Morgan fingerprint density at radius 2 is 1.16 bits per heavy atom. The van der Waals surface area contributed by atoms with Crippen molar-refractivity contribution in [1.82, 2.24) is 0 Å². The van der Waals surface area contributed by atoms with Crippen molar-refractivity contribution < 1.29 is 37.6 Å². The number of rotatable bonds is 32. The van der Waals surface area contributed by atoms with E-state index in [1.807, 2.05) is 21.1 Å². The van der Waals surface area contributed by atoms with Gasteiger partial charge in [0.05, 0.1) is 27.7 Å². The van der Waals surface area contributed by atoms with E-state index in [-0.39, 0.29) is 19.2 Å². The van der Waals surface area contributed by atoms with Gasteiger partial charge in [-0.1, -0.05) is 122 Å². The van der Waals surface area contributed by atoms with Crippen LogP contribution in [0.2, 0.25) is 0 Å². The first kappa shape index (κ1) is 42.2. The first-order chi connectivity index (χ1) is 20.6. The molecule has 0 aromatic rings. The van der Waals surface area contributed by atoms with E-state index in [9.17, 15) is 19.4 Å². The molecule has 0 amide bonds. The first-order valence-corrected chi connectivity index (χ1v) is 18.9. The SMILES string of the molecule is CCCCCCCCCC/C=C\CCCCCCCCCCCCCC(=O)OCC(O)COP(=O)([O-])OCC[N+](C)(C)C. The van der Waals surface area contributed by atoms with Crippen molar-refractivity contribution in [3.63, 3.8) is 0 Å². The van der Waals surface area contributed by atoms with E-state index in [1.165, 1.54) is 116 Å². The number of carbonyl (C=O) groups is 1. The van der Waals surface area contributed by atoms with E-state index < -0.39 is 20.5 Å². The van der Waals surface area contributed by atoms with Gasteiger partial charge in [0.15, 0.2) is 0 Å². The minimum Gasteiger partial charge on any atom is -0.756 e. The van der Waals surface area contributed by atoms with Crippen LogP contribution in [0.1, 0.15) is 148 Å². The maximum Gasteiger partial charge on any atom is 0.305 e. The molecule has 8 nitrogen and oxygen atoms in total. The Labute approximate surface area is 265 Å². The summed E-state index contributed by atoms with van der Waals surface area (Å²) in [5, 5.41) is 9.85. The normalized spacial score (nSPS) is 14.3. The molecule has 0 aromatic heterocycles. The largest absolute Gasteiger partial charge is 0.756 e. The minimum atomic E-state index is -4.50. The number of phosphoric acid groups is 1. The minimum absolute atomic E-state index is 0.00685. The Morgan fingerprint density at radius 1 is 0.721 bits per heavy atom. The molecule has 0 aliphatic carbocycles. The van der Waals surface area contributed by atoms with Crippen molar-refractivity contribution in [3.05, 3.63) is 12.2 Å². The molecule has 0 rings (SSSR count). The van der Waals surface area contributed by atoms with Crippen LogP contribution in [-0.2, 0) is 23.1 Å². The van der Waals surface area contributed by atoms with Crippen molar-refractivity contribution in [2.24, 2.45) is 0 Å². The number of phosphoric ester groups is 1. The van der Waals surface area contributed by atoms with Crippen LogP contribution >= 0.6 is 7.82 Å². The average Bonchev–Trinajstić information content (AvgIpc) is 2.94. The first-order valence-electron chi connectivity index (χ1n) is 17.4. The summed E-state index contributed by atoms with van der Waals surface area (Å²) in [6.45, 7) is 1.96. The van der Waals surface area contributed by atoms with Crippen molar-refractivity contribution in [3.8, 4) is 0 Å². The zero-order valence-corrected chi connectivity index (χ0v) is 29.3. The van der Waals surface area contributed by atoms with Crippen LogP contribution < -0.4 is 4.89 Å². The maximum absolute atomic E-state index is 11.9. The van der Waals surface area contributed by atoms with Crippen molar-refractivity contribution in [2.45, 2.75) is 154 Å².